The Bertz CT molecular complexity index is 638. The van der Waals surface area contributed by atoms with E-state index in [9.17, 15) is 9.18 Å². The van der Waals surface area contributed by atoms with Gasteiger partial charge in [0.1, 0.15) is 6.10 Å². The molecule has 1 aromatic carbocycles. The van der Waals surface area contributed by atoms with Gasteiger partial charge in [-0.2, -0.15) is 0 Å². The van der Waals surface area contributed by atoms with Gasteiger partial charge in [0.25, 0.3) is 0 Å². The summed E-state index contributed by atoms with van der Waals surface area (Å²) in [6.07, 6.45) is 0.527. The summed E-state index contributed by atoms with van der Waals surface area (Å²) < 4.78 is 24.4. The number of nitrogens with zero attached hydrogens (tertiary/aromatic N) is 2. The number of likely N-dealkylation sites (tertiary alicyclic amines) is 1. The first-order valence-electron chi connectivity index (χ1n) is 8.94. The molecular weight excluding hydrogens is 337 g/mol. The first-order valence-corrected chi connectivity index (χ1v) is 8.94. The molecule has 6 nitrogen and oxygen atoms in total. The number of para-hydroxylation sites is 1. The van der Waals surface area contributed by atoms with Crippen LogP contribution in [0.5, 0.6) is 5.75 Å². The first kappa shape index (κ1) is 20.0. The fraction of sp³-hybridized carbons (Fsp3) is 0.579. The molecule has 1 aliphatic rings. The number of aliphatic imine (C=N–C) groups is 1. The number of guanidine groups is 1. The SMILES string of the molecule is CCC(CNC(=NC)N1CC(C)C(C(=O)OC)C1)Oc1ccccc1F. The monoisotopic (exact) mass is 365 g/mol. The number of hydrogen-bond acceptors (Lipinski definition) is 4. The highest BCUT2D eigenvalue weighted by Crippen LogP contribution is 2.24. The van der Waals surface area contributed by atoms with Crippen LogP contribution in [0.25, 0.3) is 0 Å². The number of carbonyl (C=O) groups excluding carboxylic acids is 1. The summed E-state index contributed by atoms with van der Waals surface area (Å²) in [4.78, 5) is 18.2. The lowest BCUT2D eigenvalue weighted by Gasteiger charge is -2.24. The van der Waals surface area contributed by atoms with Crippen molar-refractivity contribution in [3.8, 4) is 5.75 Å². The summed E-state index contributed by atoms with van der Waals surface area (Å²) in [5.41, 5.74) is 0. The second kappa shape index (κ2) is 9.40. The van der Waals surface area contributed by atoms with Crippen LogP contribution in [0.15, 0.2) is 29.3 Å². The Kier molecular flexibility index (Phi) is 7.24. The summed E-state index contributed by atoms with van der Waals surface area (Å²) >= 11 is 0. The number of halogens is 1. The molecule has 1 aromatic rings. The maximum Gasteiger partial charge on any atom is 0.310 e. The van der Waals surface area contributed by atoms with Gasteiger partial charge in [-0.1, -0.05) is 26.0 Å². The standard InChI is InChI=1S/C19H28FN3O3/c1-5-14(26-17-9-7-6-8-16(17)20)10-22-19(21-3)23-11-13(2)15(12-23)18(24)25-4/h6-9,13-15H,5,10-12H2,1-4H3,(H,21,22). The molecule has 0 spiro atoms. The van der Waals surface area contributed by atoms with Crippen molar-refractivity contribution in [2.75, 3.05) is 33.8 Å². The van der Waals surface area contributed by atoms with E-state index in [0.717, 1.165) is 13.0 Å². The second-order valence-corrected chi connectivity index (χ2v) is 6.52. The number of esters is 1. The third-order valence-corrected chi connectivity index (χ3v) is 4.70. The van der Waals surface area contributed by atoms with Crippen molar-refractivity contribution < 1.29 is 18.7 Å². The van der Waals surface area contributed by atoms with E-state index >= 15 is 0 Å². The highest BCUT2D eigenvalue weighted by molar-refractivity contribution is 5.82. The van der Waals surface area contributed by atoms with Gasteiger partial charge in [-0.25, -0.2) is 4.39 Å². The van der Waals surface area contributed by atoms with Crippen molar-refractivity contribution in [3.05, 3.63) is 30.1 Å². The predicted molar refractivity (Wildman–Crippen MR) is 98.7 cm³/mol. The van der Waals surface area contributed by atoms with Gasteiger partial charge in [0, 0.05) is 20.1 Å². The quantitative estimate of drug-likeness (QED) is 0.476. The van der Waals surface area contributed by atoms with E-state index in [-0.39, 0.29) is 35.5 Å². The number of carbonyl (C=O) groups is 1. The minimum absolute atomic E-state index is 0.157. The van der Waals surface area contributed by atoms with Crippen LogP contribution in [0.1, 0.15) is 20.3 Å². The van der Waals surface area contributed by atoms with Crippen LogP contribution >= 0.6 is 0 Å². The zero-order chi connectivity index (χ0) is 19.1. The van der Waals surface area contributed by atoms with Crippen LogP contribution in [-0.2, 0) is 9.53 Å². The zero-order valence-electron chi connectivity index (χ0n) is 15.9. The van der Waals surface area contributed by atoms with E-state index in [1.807, 2.05) is 18.7 Å². The highest BCUT2D eigenvalue weighted by Gasteiger charge is 2.36. The molecule has 1 saturated heterocycles. The van der Waals surface area contributed by atoms with Gasteiger partial charge in [0.05, 0.1) is 19.6 Å². The van der Waals surface area contributed by atoms with Gasteiger partial charge in [-0.05, 0) is 24.5 Å². The highest BCUT2D eigenvalue weighted by atomic mass is 19.1. The average Bonchev–Trinajstić information content (AvgIpc) is 3.03. The molecule has 1 aliphatic heterocycles. The Hall–Kier alpha value is -2.31. The molecule has 0 aromatic heterocycles. The Morgan fingerprint density at radius 2 is 2.15 bits per heavy atom. The summed E-state index contributed by atoms with van der Waals surface area (Å²) in [7, 11) is 3.12. The van der Waals surface area contributed by atoms with Gasteiger partial charge in [0.15, 0.2) is 17.5 Å². The van der Waals surface area contributed by atoms with E-state index < -0.39 is 0 Å². The van der Waals surface area contributed by atoms with Crippen molar-refractivity contribution in [1.29, 1.82) is 0 Å². The van der Waals surface area contributed by atoms with Gasteiger partial charge >= 0.3 is 5.97 Å². The van der Waals surface area contributed by atoms with E-state index in [0.29, 0.717) is 19.0 Å². The topological polar surface area (TPSA) is 63.2 Å². The van der Waals surface area contributed by atoms with Gasteiger partial charge in [-0.15, -0.1) is 0 Å². The van der Waals surface area contributed by atoms with Crippen molar-refractivity contribution >= 4 is 11.9 Å². The Morgan fingerprint density at radius 1 is 1.42 bits per heavy atom. The summed E-state index contributed by atoms with van der Waals surface area (Å²) in [5, 5.41) is 3.28. The summed E-state index contributed by atoms with van der Waals surface area (Å²) in [6.45, 7) is 5.81. The van der Waals surface area contributed by atoms with Crippen LogP contribution in [-0.4, -0.2) is 56.7 Å². The smallest absolute Gasteiger partial charge is 0.310 e. The lowest BCUT2D eigenvalue weighted by atomic mass is 9.99. The maximum atomic E-state index is 13.8. The molecule has 26 heavy (non-hydrogen) atoms. The molecule has 1 N–H and O–H groups in total. The molecule has 0 saturated carbocycles. The van der Waals surface area contributed by atoms with E-state index in [2.05, 4.69) is 10.3 Å². The molecule has 0 bridgehead atoms. The normalized spacial score (nSPS) is 21.4. The zero-order valence-corrected chi connectivity index (χ0v) is 15.9. The lowest BCUT2D eigenvalue weighted by Crippen LogP contribution is -2.44. The molecule has 0 aliphatic carbocycles. The van der Waals surface area contributed by atoms with Gasteiger partial charge in [0.2, 0.25) is 0 Å². The minimum Gasteiger partial charge on any atom is -0.486 e. The fourth-order valence-corrected chi connectivity index (χ4v) is 3.12. The third-order valence-electron chi connectivity index (χ3n) is 4.70. The van der Waals surface area contributed by atoms with E-state index in [1.165, 1.54) is 13.2 Å². The minimum atomic E-state index is -0.371. The summed E-state index contributed by atoms with van der Waals surface area (Å²) in [6, 6.07) is 6.38. The van der Waals surface area contributed by atoms with Crippen molar-refractivity contribution in [1.82, 2.24) is 10.2 Å². The molecular formula is C19H28FN3O3. The van der Waals surface area contributed by atoms with Crippen LogP contribution in [0, 0.1) is 17.7 Å². The molecule has 1 fully saturated rings. The lowest BCUT2D eigenvalue weighted by molar-refractivity contribution is -0.145. The Morgan fingerprint density at radius 3 is 2.77 bits per heavy atom. The molecule has 3 atom stereocenters. The molecule has 7 heteroatoms. The van der Waals surface area contributed by atoms with Crippen molar-refractivity contribution in [2.24, 2.45) is 16.8 Å². The second-order valence-electron chi connectivity index (χ2n) is 6.52. The molecule has 1 heterocycles. The number of hydrogen-bond donors (Lipinski definition) is 1. The number of benzene rings is 1. The largest absolute Gasteiger partial charge is 0.486 e. The van der Waals surface area contributed by atoms with Crippen LogP contribution in [0.2, 0.25) is 0 Å². The van der Waals surface area contributed by atoms with Crippen LogP contribution in [0.4, 0.5) is 4.39 Å². The maximum absolute atomic E-state index is 13.8. The van der Waals surface area contributed by atoms with Crippen LogP contribution in [0.3, 0.4) is 0 Å². The Balaban J connectivity index is 1.93. The predicted octanol–water partition coefficient (Wildman–Crippen LogP) is 2.30. The van der Waals surface area contributed by atoms with Crippen molar-refractivity contribution in [3.63, 3.8) is 0 Å². The molecule has 0 radical (unpaired) electrons. The Labute approximate surface area is 154 Å². The molecule has 3 unspecified atom stereocenters. The van der Waals surface area contributed by atoms with E-state index in [4.69, 9.17) is 9.47 Å². The number of ether oxygens (including phenoxy) is 2. The van der Waals surface area contributed by atoms with Gasteiger partial charge < -0.3 is 19.7 Å². The van der Waals surface area contributed by atoms with Gasteiger partial charge in [-0.3, -0.25) is 9.79 Å². The number of rotatable bonds is 6. The van der Waals surface area contributed by atoms with Crippen LogP contribution < -0.4 is 10.1 Å². The summed E-state index contributed by atoms with van der Waals surface area (Å²) in [5.74, 6) is 0.428. The molecule has 2 rings (SSSR count). The average molecular weight is 365 g/mol. The molecule has 144 valence electrons. The van der Waals surface area contributed by atoms with E-state index in [1.54, 1.807) is 25.2 Å². The first-order chi connectivity index (χ1) is 12.5. The number of nitrogens with one attached hydrogen (secondary N) is 1. The molecule has 0 amide bonds. The number of methoxy groups -OCH3 is 1. The van der Waals surface area contributed by atoms with Crippen molar-refractivity contribution in [2.45, 2.75) is 26.4 Å². The third kappa shape index (κ3) is 4.86. The fourth-order valence-electron chi connectivity index (χ4n) is 3.12.